The molecule has 0 aromatic carbocycles. The highest BCUT2D eigenvalue weighted by Gasteiger charge is 2.19. The molecular weight excluding hydrogens is 685 g/mol. The van der Waals surface area contributed by atoms with Gasteiger partial charge in [0.05, 0.1) is 0 Å². The van der Waals surface area contributed by atoms with Crippen LogP contribution in [0.2, 0.25) is 0 Å². The Balaban J connectivity index is 4.51. The number of unbranched alkanes of at least 4 members (excludes halogenated alkanes) is 18. The molecule has 0 aliphatic heterocycles. The normalized spacial score (nSPS) is 12.7. The zero-order chi connectivity index (χ0) is 40.1. The number of carbonyl (C=O) groups is 3. The first kappa shape index (κ1) is 51.9. The van der Waals surface area contributed by atoms with Gasteiger partial charge in [-0.1, -0.05) is 177 Å². The minimum absolute atomic E-state index is 0.110. The molecule has 0 saturated carbocycles. The second-order valence-corrected chi connectivity index (χ2v) is 14.6. The molecule has 1 unspecified atom stereocenters. The van der Waals surface area contributed by atoms with Gasteiger partial charge in [0.15, 0.2) is 6.10 Å². The average Bonchev–Trinajstić information content (AvgIpc) is 3.18. The molecule has 0 aromatic heterocycles. The third kappa shape index (κ3) is 41.8. The van der Waals surface area contributed by atoms with Crippen molar-refractivity contribution in [2.24, 2.45) is 0 Å². The van der Waals surface area contributed by atoms with Crippen LogP contribution < -0.4 is 0 Å². The van der Waals surface area contributed by atoms with Gasteiger partial charge < -0.3 is 14.2 Å². The fraction of sp³-hybridized carbons (Fsp3) is 0.694. The molecule has 0 radical (unpaired) electrons. The molecule has 0 amide bonds. The lowest BCUT2D eigenvalue weighted by molar-refractivity contribution is -0.166. The van der Waals surface area contributed by atoms with Crippen molar-refractivity contribution in [2.75, 3.05) is 13.2 Å². The minimum atomic E-state index is -0.815. The van der Waals surface area contributed by atoms with Gasteiger partial charge in [-0.25, -0.2) is 0 Å². The lowest BCUT2D eigenvalue weighted by Crippen LogP contribution is -2.30. The summed E-state index contributed by atoms with van der Waals surface area (Å²) in [7, 11) is 0. The minimum Gasteiger partial charge on any atom is -0.462 e. The number of hydrogen-bond donors (Lipinski definition) is 0. The monoisotopic (exact) mass is 767 g/mol. The van der Waals surface area contributed by atoms with Gasteiger partial charge in [-0.3, -0.25) is 14.4 Å². The van der Waals surface area contributed by atoms with Gasteiger partial charge in [-0.15, -0.1) is 0 Å². The van der Waals surface area contributed by atoms with Gasteiger partial charge in [-0.05, 0) is 77.0 Å². The maximum atomic E-state index is 12.7. The maximum absolute atomic E-state index is 12.7. The fourth-order valence-corrected chi connectivity index (χ4v) is 5.83. The number of allylic oxidation sites excluding steroid dienone is 12. The highest BCUT2D eigenvalue weighted by molar-refractivity contribution is 5.71. The number of esters is 3. The summed E-state index contributed by atoms with van der Waals surface area (Å²) in [5.74, 6) is -1.02. The summed E-state index contributed by atoms with van der Waals surface area (Å²) in [4.78, 5) is 37.7. The first-order valence-corrected chi connectivity index (χ1v) is 22.5. The molecule has 0 aromatic rings. The fourth-order valence-electron chi connectivity index (χ4n) is 5.83. The van der Waals surface area contributed by atoms with Gasteiger partial charge in [0, 0.05) is 19.3 Å². The molecule has 0 bridgehead atoms. The average molecular weight is 767 g/mol. The van der Waals surface area contributed by atoms with Crippen molar-refractivity contribution in [1.29, 1.82) is 0 Å². The van der Waals surface area contributed by atoms with E-state index >= 15 is 0 Å². The lowest BCUT2D eigenvalue weighted by atomic mass is 10.1. The molecule has 0 N–H and O–H groups in total. The van der Waals surface area contributed by atoms with E-state index in [1.165, 1.54) is 64.2 Å². The Morgan fingerprint density at radius 3 is 1.38 bits per heavy atom. The zero-order valence-electron chi connectivity index (χ0n) is 35.7. The van der Waals surface area contributed by atoms with Gasteiger partial charge in [0.2, 0.25) is 0 Å². The third-order valence-corrected chi connectivity index (χ3v) is 9.24. The number of rotatable bonds is 39. The second kappa shape index (κ2) is 43.6. The van der Waals surface area contributed by atoms with Crippen LogP contribution in [0.5, 0.6) is 0 Å². The maximum Gasteiger partial charge on any atom is 0.306 e. The SMILES string of the molecule is CC\C=C/C=C\C=C/CCCCCCCC(=O)OCC(COC(=O)CCCCCCC/C=C\CCCC)OC(=O)CC/C=C\C/C=C\CCCCCCCC. The molecular formula is C49H82O6. The van der Waals surface area contributed by atoms with Crippen LogP contribution in [0.4, 0.5) is 0 Å². The predicted octanol–water partition coefficient (Wildman–Crippen LogP) is 14.3. The van der Waals surface area contributed by atoms with E-state index in [4.69, 9.17) is 14.2 Å². The van der Waals surface area contributed by atoms with Crippen LogP contribution in [-0.2, 0) is 28.6 Å². The van der Waals surface area contributed by atoms with Crippen molar-refractivity contribution in [3.63, 3.8) is 0 Å². The summed E-state index contributed by atoms with van der Waals surface area (Å²) in [6.45, 7) is 6.36. The molecule has 6 heteroatoms. The molecule has 6 nitrogen and oxygen atoms in total. The Kier molecular flexibility index (Phi) is 41.1. The summed E-state index contributed by atoms with van der Waals surface area (Å²) in [5, 5.41) is 0. The van der Waals surface area contributed by atoms with Crippen molar-refractivity contribution in [1.82, 2.24) is 0 Å². The van der Waals surface area contributed by atoms with Gasteiger partial charge in [0.25, 0.3) is 0 Å². The number of hydrogen-bond acceptors (Lipinski definition) is 6. The smallest absolute Gasteiger partial charge is 0.306 e. The highest BCUT2D eigenvalue weighted by Crippen LogP contribution is 2.12. The third-order valence-electron chi connectivity index (χ3n) is 9.24. The molecule has 0 aliphatic rings. The summed E-state index contributed by atoms with van der Waals surface area (Å²) < 4.78 is 16.6. The van der Waals surface area contributed by atoms with Crippen LogP contribution in [0.15, 0.2) is 72.9 Å². The van der Waals surface area contributed by atoms with Crippen LogP contribution in [0.1, 0.15) is 201 Å². The van der Waals surface area contributed by atoms with E-state index in [1.54, 1.807) is 0 Å². The quantitative estimate of drug-likeness (QED) is 0.0204. The van der Waals surface area contributed by atoms with E-state index in [0.29, 0.717) is 19.3 Å². The molecule has 0 saturated heterocycles. The van der Waals surface area contributed by atoms with Crippen LogP contribution >= 0.6 is 0 Å². The second-order valence-electron chi connectivity index (χ2n) is 14.6. The molecule has 0 heterocycles. The lowest BCUT2D eigenvalue weighted by Gasteiger charge is -2.18. The van der Waals surface area contributed by atoms with Crippen molar-refractivity contribution < 1.29 is 28.6 Å². The van der Waals surface area contributed by atoms with Crippen molar-refractivity contribution in [2.45, 2.75) is 207 Å². The van der Waals surface area contributed by atoms with Crippen LogP contribution in [0.25, 0.3) is 0 Å². The van der Waals surface area contributed by atoms with Crippen LogP contribution in [0, 0.1) is 0 Å². The van der Waals surface area contributed by atoms with E-state index in [0.717, 1.165) is 89.9 Å². The van der Waals surface area contributed by atoms with E-state index in [2.05, 4.69) is 81.5 Å². The van der Waals surface area contributed by atoms with Gasteiger partial charge in [-0.2, -0.15) is 0 Å². The zero-order valence-corrected chi connectivity index (χ0v) is 35.7. The molecule has 0 aliphatic carbocycles. The Labute approximate surface area is 338 Å². The van der Waals surface area contributed by atoms with Gasteiger partial charge in [0.1, 0.15) is 13.2 Å². The van der Waals surface area contributed by atoms with Crippen LogP contribution in [0.3, 0.4) is 0 Å². The molecule has 0 spiro atoms. The molecule has 1 atom stereocenters. The summed E-state index contributed by atoms with van der Waals surface area (Å²) in [5.41, 5.74) is 0. The molecule has 314 valence electrons. The van der Waals surface area contributed by atoms with Crippen molar-refractivity contribution in [3.05, 3.63) is 72.9 Å². The molecule has 55 heavy (non-hydrogen) atoms. The van der Waals surface area contributed by atoms with E-state index in [1.807, 2.05) is 12.2 Å². The van der Waals surface area contributed by atoms with Crippen LogP contribution in [-0.4, -0.2) is 37.2 Å². The first-order chi connectivity index (χ1) is 27.0. The highest BCUT2D eigenvalue weighted by atomic mass is 16.6. The Morgan fingerprint density at radius 2 is 0.836 bits per heavy atom. The van der Waals surface area contributed by atoms with E-state index < -0.39 is 6.10 Å². The summed E-state index contributed by atoms with van der Waals surface area (Å²) >= 11 is 0. The van der Waals surface area contributed by atoms with Crippen molar-refractivity contribution >= 4 is 17.9 Å². The van der Waals surface area contributed by atoms with E-state index in [-0.39, 0.29) is 37.5 Å². The van der Waals surface area contributed by atoms with E-state index in [9.17, 15) is 14.4 Å². The Morgan fingerprint density at radius 1 is 0.400 bits per heavy atom. The summed E-state index contributed by atoms with van der Waals surface area (Å²) in [6, 6.07) is 0. The topological polar surface area (TPSA) is 78.9 Å². The molecule has 0 rings (SSSR count). The first-order valence-electron chi connectivity index (χ1n) is 22.5. The summed E-state index contributed by atoms with van der Waals surface area (Å²) in [6.07, 6.45) is 53.2. The van der Waals surface area contributed by atoms with Crippen molar-refractivity contribution in [3.8, 4) is 0 Å². The molecule has 0 fully saturated rings. The predicted molar refractivity (Wildman–Crippen MR) is 233 cm³/mol. The standard InChI is InChI=1S/C49H82O6/c1-4-7-10-13-16-19-22-24-27-30-33-36-39-42-48(51)54-45-46(44-53-47(50)41-38-35-32-29-26-21-18-15-12-9-6-3)55-49(52)43-40-37-34-31-28-25-23-20-17-14-11-8-5-2/h7,10,13,15-16,18-19,22,25,28,34,37,46H,4-6,8-9,11-12,14,17,20-21,23-24,26-27,29-33,35-36,38-45H2,1-3H3/b10-7-,16-13-,18-15-,22-19-,28-25-,37-34-. The largest absolute Gasteiger partial charge is 0.462 e. The number of carbonyl (C=O) groups excluding carboxylic acids is 3. The van der Waals surface area contributed by atoms with Gasteiger partial charge >= 0.3 is 17.9 Å². The Bertz CT molecular complexity index is 1070. The number of ether oxygens (including phenoxy) is 3. The Hall–Kier alpha value is -3.15.